The number of carboxylic acids is 1. The molecule has 0 spiro atoms. The number of β-amino-alcohol motifs (C(OH)–C–C–N with tert-alkyl or cyclic N) is 1. The van der Waals surface area contributed by atoms with Gasteiger partial charge in [-0.05, 0) is 20.3 Å². The first-order valence-corrected chi connectivity index (χ1v) is 9.32. The lowest BCUT2D eigenvalue weighted by molar-refractivity contribution is -0.142. The number of aliphatic hydroxyl groups excluding tert-OH is 2. The van der Waals surface area contributed by atoms with E-state index in [-0.39, 0.29) is 12.5 Å². The molecule has 27 heavy (non-hydrogen) atoms. The Morgan fingerprint density at radius 1 is 1.30 bits per heavy atom. The van der Waals surface area contributed by atoms with Crippen molar-refractivity contribution >= 4 is 17.7 Å². The van der Waals surface area contributed by atoms with E-state index in [1.807, 2.05) is 9.80 Å². The van der Waals surface area contributed by atoms with Crippen molar-refractivity contribution in [3.8, 4) is 0 Å². The van der Waals surface area contributed by atoms with Gasteiger partial charge in [-0.25, -0.2) is 4.98 Å². The van der Waals surface area contributed by atoms with Crippen LogP contribution in [0.15, 0.2) is 6.20 Å². The maximum Gasteiger partial charge on any atom is 0.313 e. The van der Waals surface area contributed by atoms with E-state index in [1.165, 1.54) is 0 Å². The number of hydrogen-bond donors (Lipinski definition) is 3. The topological polar surface area (TPSA) is 119 Å². The van der Waals surface area contributed by atoms with Crippen molar-refractivity contribution in [1.82, 2.24) is 9.97 Å². The van der Waals surface area contributed by atoms with Crippen molar-refractivity contribution in [2.24, 2.45) is 5.92 Å². The van der Waals surface area contributed by atoms with E-state index in [2.05, 4.69) is 4.98 Å². The Bertz CT molecular complexity index is 678. The Kier molecular flexibility index (Phi) is 5.83. The first-order valence-electron chi connectivity index (χ1n) is 9.32. The average molecular weight is 380 g/mol. The van der Waals surface area contributed by atoms with Crippen molar-refractivity contribution in [2.75, 3.05) is 55.8 Å². The highest BCUT2D eigenvalue weighted by molar-refractivity contribution is 5.82. The summed E-state index contributed by atoms with van der Waals surface area (Å²) in [4.78, 5) is 24.8. The third-order valence-electron chi connectivity index (χ3n) is 5.51. The van der Waals surface area contributed by atoms with Gasteiger partial charge in [0.25, 0.3) is 0 Å². The Balaban J connectivity index is 1.94. The zero-order valence-electron chi connectivity index (χ0n) is 15.8. The van der Waals surface area contributed by atoms with Gasteiger partial charge >= 0.3 is 5.97 Å². The fourth-order valence-electron chi connectivity index (χ4n) is 3.46. The zero-order chi connectivity index (χ0) is 19.6. The molecule has 2 aliphatic heterocycles. The Morgan fingerprint density at radius 2 is 2.00 bits per heavy atom. The number of aliphatic hydroxyl groups is 2. The molecule has 2 fully saturated rings. The van der Waals surface area contributed by atoms with Crippen LogP contribution in [0.3, 0.4) is 0 Å². The van der Waals surface area contributed by atoms with E-state index in [0.29, 0.717) is 63.1 Å². The van der Waals surface area contributed by atoms with Gasteiger partial charge in [-0.3, -0.25) is 4.79 Å². The molecule has 150 valence electrons. The largest absolute Gasteiger partial charge is 0.481 e. The number of morpholine rings is 1. The summed E-state index contributed by atoms with van der Waals surface area (Å²) in [6, 6.07) is 0. The number of aromatic nitrogens is 2. The second kappa shape index (κ2) is 7.95. The molecule has 2 saturated heterocycles. The SMILES string of the molecule is CC(C)(C(=O)O)c1cnc(N2CC[C@H](CO)[C@@H](O)C2)nc1N1CCOCC1. The van der Waals surface area contributed by atoms with Crippen LogP contribution < -0.4 is 9.80 Å². The van der Waals surface area contributed by atoms with Crippen molar-refractivity contribution < 1.29 is 24.9 Å². The predicted molar refractivity (Wildman–Crippen MR) is 99.1 cm³/mol. The third kappa shape index (κ3) is 3.99. The van der Waals surface area contributed by atoms with Crippen molar-refractivity contribution in [2.45, 2.75) is 31.8 Å². The van der Waals surface area contributed by atoms with Crippen LogP contribution in [-0.2, 0) is 14.9 Å². The summed E-state index contributed by atoms with van der Waals surface area (Å²) in [5.41, 5.74) is -0.568. The van der Waals surface area contributed by atoms with E-state index in [0.717, 1.165) is 0 Å². The van der Waals surface area contributed by atoms with Crippen LogP contribution in [0, 0.1) is 5.92 Å². The first-order chi connectivity index (χ1) is 12.8. The number of nitrogens with zero attached hydrogens (tertiary/aromatic N) is 4. The lowest BCUT2D eigenvalue weighted by atomic mass is 9.85. The smallest absolute Gasteiger partial charge is 0.313 e. The van der Waals surface area contributed by atoms with E-state index < -0.39 is 17.5 Å². The summed E-state index contributed by atoms with van der Waals surface area (Å²) in [6.07, 6.45) is 1.59. The number of piperidine rings is 1. The van der Waals surface area contributed by atoms with Crippen LogP contribution in [0.25, 0.3) is 0 Å². The molecule has 9 heteroatoms. The minimum Gasteiger partial charge on any atom is -0.481 e. The highest BCUT2D eigenvalue weighted by atomic mass is 16.5. The highest BCUT2D eigenvalue weighted by Crippen LogP contribution is 2.33. The number of carbonyl (C=O) groups is 1. The molecule has 0 radical (unpaired) electrons. The summed E-state index contributed by atoms with van der Waals surface area (Å²) in [5.74, 6) is 0.00376. The van der Waals surface area contributed by atoms with Gasteiger partial charge < -0.3 is 29.9 Å². The molecule has 9 nitrogen and oxygen atoms in total. The molecule has 0 unspecified atom stereocenters. The molecule has 0 amide bonds. The second-order valence-electron chi connectivity index (χ2n) is 7.68. The summed E-state index contributed by atoms with van der Waals surface area (Å²) in [6.45, 7) is 6.62. The summed E-state index contributed by atoms with van der Waals surface area (Å²) in [7, 11) is 0. The Hall–Kier alpha value is -1.97. The average Bonchev–Trinajstić information content (AvgIpc) is 2.68. The molecule has 1 aromatic heterocycles. The molecule has 2 atom stereocenters. The van der Waals surface area contributed by atoms with E-state index in [1.54, 1.807) is 20.0 Å². The standard InChI is InChI=1S/C18H28N4O5/c1-18(2,16(25)26)13-9-19-17(20-15(13)21-5-7-27-8-6-21)22-4-3-12(11-23)14(24)10-22/h9,12,14,23-24H,3-8,10-11H2,1-2H3,(H,25,26)/t12-,14+/m1/s1. The van der Waals surface area contributed by atoms with Gasteiger partial charge in [0.2, 0.25) is 5.95 Å². The zero-order valence-corrected chi connectivity index (χ0v) is 15.8. The second-order valence-corrected chi connectivity index (χ2v) is 7.68. The first kappa shape index (κ1) is 19.8. The Morgan fingerprint density at radius 3 is 2.59 bits per heavy atom. The minimum atomic E-state index is -1.13. The van der Waals surface area contributed by atoms with Gasteiger partial charge in [-0.15, -0.1) is 0 Å². The number of carboxylic acid groups (broad SMARTS) is 1. The monoisotopic (exact) mass is 380 g/mol. The molecule has 0 aliphatic carbocycles. The molecular formula is C18H28N4O5. The quantitative estimate of drug-likeness (QED) is 0.641. The molecule has 2 aliphatic rings. The number of ether oxygens (including phenoxy) is 1. The lowest BCUT2D eigenvalue weighted by Gasteiger charge is -2.37. The lowest BCUT2D eigenvalue weighted by Crippen LogP contribution is -2.46. The predicted octanol–water partition coefficient (Wildman–Crippen LogP) is -0.145. The van der Waals surface area contributed by atoms with Crippen molar-refractivity contribution in [1.29, 1.82) is 0 Å². The van der Waals surface area contributed by atoms with Gasteiger partial charge in [0, 0.05) is 50.5 Å². The van der Waals surface area contributed by atoms with E-state index in [4.69, 9.17) is 9.72 Å². The molecular weight excluding hydrogens is 352 g/mol. The fourth-order valence-corrected chi connectivity index (χ4v) is 3.46. The number of rotatable bonds is 5. The minimum absolute atomic E-state index is 0.0410. The van der Waals surface area contributed by atoms with Gasteiger partial charge in [0.15, 0.2) is 0 Å². The molecule has 0 saturated carbocycles. The molecule has 0 aromatic carbocycles. The van der Waals surface area contributed by atoms with Crippen LogP contribution in [0.4, 0.5) is 11.8 Å². The van der Waals surface area contributed by atoms with Crippen molar-refractivity contribution in [3.05, 3.63) is 11.8 Å². The molecule has 3 N–H and O–H groups in total. The van der Waals surface area contributed by atoms with Crippen LogP contribution in [-0.4, -0.2) is 83.4 Å². The van der Waals surface area contributed by atoms with Crippen LogP contribution in [0.2, 0.25) is 0 Å². The van der Waals surface area contributed by atoms with Crippen LogP contribution in [0.5, 0.6) is 0 Å². The van der Waals surface area contributed by atoms with E-state index in [9.17, 15) is 20.1 Å². The molecule has 0 bridgehead atoms. The summed E-state index contributed by atoms with van der Waals surface area (Å²) >= 11 is 0. The number of hydrogen-bond acceptors (Lipinski definition) is 8. The number of aliphatic carboxylic acids is 1. The van der Waals surface area contributed by atoms with Gasteiger partial charge in [0.1, 0.15) is 5.82 Å². The maximum atomic E-state index is 11.8. The van der Waals surface area contributed by atoms with Crippen LogP contribution >= 0.6 is 0 Å². The summed E-state index contributed by atoms with van der Waals surface area (Å²) < 4.78 is 5.41. The summed E-state index contributed by atoms with van der Waals surface area (Å²) in [5, 5.41) is 29.2. The number of anilines is 2. The van der Waals surface area contributed by atoms with Gasteiger partial charge in [0.05, 0.1) is 24.7 Å². The van der Waals surface area contributed by atoms with Gasteiger partial charge in [-0.2, -0.15) is 4.98 Å². The van der Waals surface area contributed by atoms with Gasteiger partial charge in [-0.1, -0.05) is 0 Å². The van der Waals surface area contributed by atoms with E-state index >= 15 is 0 Å². The fraction of sp³-hybridized carbons (Fsp3) is 0.722. The van der Waals surface area contributed by atoms with Crippen LogP contribution in [0.1, 0.15) is 25.8 Å². The highest BCUT2D eigenvalue weighted by Gasteiger charge is 2.36. The normalized spacial score (nSPS) is 24.1. The molecule has 1 aromatic rings. The molecule has 3 rings (SSSR count). The Labute approximate surface area is 158 Å². The third-order valence-corrected chi connectivity index (χ3v) is 5.51. The van der Waals surface area contributed by atoms with Crippen molar-refractivity contribution in [3.63, 3.8) is 0 Å². The maximum absolute atomic E-state index is 11.8. The molecule has 3 heterocycles.